The fraction of sp³-hybridized carbons (Fsp3) is 0.133. The first kappa shape index (κ1) is 13.1. The minimum absolute atomic E-state index is 0.339. The number of hydrogen-bond donors (Lipinski definition) is 1. The fourth-order valence-corrected chi connectivity index (χ4v) is 4.61. The van der Waals surface area contributed by atoms with Crippen molar-refractivity contribution in [2.45, 2.75) is 22.6 Å². The Morgan fingerprint density at radius 1 is 0.955 bits per heavy atom. The number of aryl methyl sites for hydroxylation is 2. The summed E-state index contributed by atoms with van der Waals surface area (Å²) >= 11 is 0. The molecule has 22 heavy (non-hydrogen) atoms. The van der Waals surface area contributed by atoms with Gasteiger partial charge in [0.25, 0.3) is 0 Å². The molecule has 2 aromatic carbocycles. The summed E-state index contributed by atoms with van der Waals surface area (Å²) in [6.45, 7) is 0. The summed E-state index contributed by atoms with van der Waals surface area (Å²) in [6, 6.07) is 12.5. The lowest BCUT2D eigenvalue weighted by Gasteiger charge is -2.09. The summed E-state index contributed by atoms with van der Waals surface area (Å²) < 4.78 is 26.0. The van der Waals surface area contributed by atoms with Crippen molar-refractivity contribution in [3.05, 3.63) is 53.6 Å². The zero-order valence-corrected chi connectivity index (χ0v) is 12.3. The molecule has 3 aromatic rings. The lowest BCUT2D eigenvalue weighted by molar-refractivity contribution is 0.595. The fourth-order valence-electron chi connectivity index (χ4n) is 2.80. The number of rotatable bonds is 1. The van der Waals surface area contributed by atoms with Gasteiger partial charge >= 0.3 is 0 Å². The van der Waals surface area contributed by atoms with E-state index < -0.39 is 9.84 Å². The Hall–Kier alpha value is -2.54. The number of nitrogens with one attached hydrogen (secondary N) is 1. The highest BCUT2D eigenvalue weighted by molar-refractivity contribution is 7.91. The molecule has 0 radical (unpaired) electrons. The Kier molecular flexibility index (Phi) is 2.83. The molecule has 7 heteroatoms. The molecule has 0 saturated heterocycles. The predicted octanol–water partition coefficient (Wildman–Crippen LogP) is 1.80. The Morgan fingerprint density at radius 2 is 1.73 bits per heavy atom. The van der Waals surface area contributed by atoms with E-state index in [4.69, 9.17) is 0 Å². The monoisotopic (exact) mass is 312 g/mol. The van der Waals surface area contributed by atoms with Crippen LogP contribution in [0, 0.1) is 0 Å². The number of hydrogen-bond acceptors (Lipinski definition) is 5. The van der Waals surface area contributed by atoms with Crippen molar-refractivity contribution in [1.82, 2.24) is 20.6 Å². The van der Waals surface area contributed by atoms with Gasteiger partial charge in [0.05, 0.1) is 9.79 Å². The maximum Gasteiger partial charge on any atom is 0.207 e. The molecular weight excluding hydrogens is 300 g/mol. The molecule has 6 nitrogen and oxygen atoms in total. The smallest absolute Gasteiger partial charge is 0.207 e. The highest BCUT2D eigenvalue weighted by Gasteiger charge is 2.27. The first-order valence-corrected chi connectivity index (χ1v) is 8.34. The second-order valence-corrected chi connectivity index (χ2v) is 7.07. The molecule has 0 saturated carbocycles. The first-order valence-electron chi connectivity index (χ1n) is 6.86. The summed E-state index contributed by atoms with van der Waals surface area (Å²) in [5, 5.41) is 13.6. The van der Waals surface area contributed by atoms with Gasteiger partial charge in [0.2, 0.25) is 9.84 Å². The SMILES string of the molecule is O=S1(=O)c2ccccc2CCc2ccc(-c3nnn[nH]3)cc21. The number of aromatic nitrogens is 4. The van der Waals surface area contributed by atoms with Gasteiger partial charge in [-0.2, -0.15) is 0 Å². The van der Waals surface area contributed by atoms with Crippen LogP contribution < -0.4 is 0 Å². The van der Waals surface area contributed by atoms with Crippen LogP contribution in [-0.2, 0) is 22.7 Å². The average Bonchev–Trinajstić information content (AvgIpc) is 3.04. The standard InChI is InChI=1S/C15H12N4O2S/c20-22(21)13-4-2-1-3-10(13)5-6-11-7-8-12(9-14(11)22)15-16-18-19-17-15/h1-4,7-9H,5-6H2,(H,16,17,18,19). The Morgan fingerprint density at radius 3 is 2.50 bits per heavy atom. The maximum absolute atomic E-state index is 13.0. The van der Waals surface area contributed by atoms with E-state index in [1.54, 1.807) is 18.2 Å². The van der Waals surface area contributed by atoms with E-state index in [0.717, 1.165) is 11.1 Å². The number of benzene rings is 2. The third-order valence-electron chi connectivity index (χ3n) is 3.90. The van der Waals surface area contributed by atoms with Crippen molar-refractivity contribution in [2.24, 2.45) is 0 Å². The molecule has 0 amide bonds. The zero-order chi connectivity index (χ0) is 15.2. The molecule has 0 fully saturated rings. The highest BCUT2D eigenvalue weighted by atomic mass is 32.2. The first-order chi connectivity index (χ1) is 10.7. The average molecular weight is 312 g/mol. The van der Waals surface area contributed by atoms with Crippen molar-refractivity contribution < 1.29 is 8.42 Å². The van der Waals surface area contributed by atoms with Gasteiger partial charge in [-0.05, 0) is 46.5 Å². The van der Waals surface area contributed by atoms with Crippen LogP contribution in [0.5, 0.6) is 0 Å². The van der Waals surface area contributed by atoms with Crippen LogP contribution in [0.4, 0.5) is 0 Å². The topological polar surface area (TPSA) is 88.6 Å². The molecule has 0 atom stereocenters. The zero-order valence-electron chi connectivity index (χ0n) is 11.5. The molecule has 1 aromatic heterocycles. The van der Waals surface area contributed by atoms with E-state index >= 15 is 0 Å². The molecule has 1 N–H and O–H groups in total. The van der Waals surface area contributed by atoms with E-state index in [1.165, 1.54) is 0 Å². The second-order valence-electron chi connectivity index (χ2n) is 5.18. The van der Waals surface area contributed by atoms with Gasteiger partial charge in [-0.3, -0.25) is 0 Å². The van der Waals surface area contributed by atoms with Crippen LogP contribution in [0.2, 0.25) is 0 Å². The number of fused-ring (bicyclic) bond motifs is 2. The van der Waals surface area contributed by atoms with Gasteiger partial charge in [-0.1, -0.05) is 30.3 Å². The van der Waals surface area contributed by atoms with Gasteiger partial charge < -0.3 is 0 Å². The van der Waals surface area contributed by atoms with Gasteiger partial charge in [-0.15, -0.1) is 5.10 Å². The summed E-state index contributed by atoms with van der Waals surface area (Å²) in [7, 11) is -3.53. The summed E-state index contributed by atoms with van der Waals surface area (Å²) in [5.74, 6) is 0.454. The second kappa shape index (κ2) is 4.74. The third kappa shape index (κ3) is 1.93. The van der Waals surface area contributed by atoms with Crippen LogP contribution in [0.3, 0.4) is 0 Å². The molecule has 0 spiro atoms. The minimum Gasteiger partial charge on any atom is -0.239 e. The number of nitrogens with zero attached hydrogens (tertiary/aromatic N) is 3. The number of H-pyrrole nitrogens is 1. The van der Waals surface area contributed by atoms with E-state index in [1.807, 2.05) is 24.3 Å². The Bertz CT molecular complexity index is 949. The van der Waals surface area contributed by atoms with Crippen molar-refractivity contribution >= 4 is 9.84 Å². The molecule has 0 unspecified atom stereocenters. The molecule has 4 rings (SSSR count). The largest absolute Gasteiger partial charge is 0.239 e. The Labute approximate surface area is 127 Å². The van der Waals surface area contributed by atoms with Gasteiger partial charge in [-0.25, -0.2) is 13.5 Å². The predicted molar refractivity (Wildman–Crippen MR) is 78.9 cm³/mol. The molecule has 0 bridgehead atoms. The lowest BCUT2D eigenvalue weighted by Crippen LogP contribution is -2.05. The molecule has 0 aliphatic carbocycles. The lowest BCUT2D eigenvalue weighted by atomic mass is 10.0. The van der Waals surface area contributed by atoms with E-state index in [0.29, 0.717) is 34.0 Å². The summed E-state index contributed by atoms with van der Waals surface area (Å²) in [4.78, 5) is 0.730. The molecule has 110 valence electrons. The van der Waals surface area contributed by atoms with Crippen molar-refractivity contribution in [3.63, 3.8) is 0 Å². The van der Waals surface area contributed by atoms with E-state index in [2.05, 4.69) is 20.6 Å². The summed E-state index contributed by atoms with van der Waals surface area (Å²) in [6.07, 6.45) is 1.41. The van der Waals surface area contributed by atoms with Crippen molar-refractivity contribution in [3.8, 4) is 11.4 Å². The maximum atomic E-state index is 13.0. The van der Waals surface area contributed by atoms with Crippen molar-refractivity contribution in [1.29, 1.82) is 0 Å². The summed E-state index contributed by atoms with van der Waals surface area (Å²) in [5.41, 5.74) is 2.35. The van der Waals surface area contributed by atoms with Gasteiger partial charge in [0.15, 0.2) is 5.82 Å². The quantitative estimate of drug-likeness (QED) is 0.740. The number of tetrazole rings is 1. The van der Waals surface area contributed by atoms with Crippen LogP contribution in [-0.4, -0.2) is 29.0 Å². The molecule has 2 heterocycles. The Balaban J connectivity index is 1.96. The van der Waals surface area contributed by atoms with E-state index in [9.17, 15) is 8.42 Å². The van der Waals surface area contributed by atoms with Crippen LogP contribution in [0.15, 0.2) is 52.3 Å². The third-order valence-corrected chi connectivity index (χ3v) is 5.84. The number of aromatic amines is 1. The van der Waals surface area contributed by atoms with Crippen LogP contribution in [0.25, 0.3) is 11.4 Å². The molecular formula is C15H12N4O2S. The van der Waals surface area contributed by atoms with E-state index in [-0.39, 0.29) is 0 Å². The van der Waals surface area contributed by atoms with Gasteiger partial charge in [0.1, 0.15) is 0 Å². The normalized spacial score (nSPS) is 15.6. The molecule has 1 aliphatic rings. The van der Waals surface area contributed by atoms with Crippen molar-refractivity contribution in [2.75, 3.05) is 0 Å². The van der Waals surface area contributed by atoms with Gasteiger partial charge in [0, 0.05) is 5.56 Å². The van der Waals surface area contributed by atoms with Crippen LogP contribution >= 0.6 is 0 Å². The van der Waals surface area contributed by atoms with Crippen LogP contribution in [0.1, 0.15) is 11.1 Å². The minimum atomic E-state index is -3.53. The highest BCUT2D eigenvalue weighted by Crippen LogP contribution is 2.33. The number of sulfone groups is 1. The molecule has 1 aliphatic heterocycles.